The fourth-order valence-electron chi connectivity index (χ4n) is 3.42. The molecule has 1 atom stereocenters. The molecule has 170 valence electrons. The second-order valence-corrected chi connectivity index (χ2v) is 8.36. The lowest BCUT2D eigenvalue weighted by atomic mass is 9.88. The van der Waals surface area contributed by atoms with E-state index < -0.39 is 23.1 Å². The molecule has 0 bridgehead atoms. The van der Waals surface area contributed by atoms with E-state index in [1.54, 1.807) is 13.8 Å². The maximum Gasteiger partial charge on any atom is 0.234 e. The van der Waals surface area contributed by atoms with Crippen LogP contribution in [0.15, 0.2) is 24.5 Å². The maximum absolute atomic E-state index is 14.8. The summed E-state index contributed by atoms with van der Waals surface area (Å²) in [5.41, 5.74) is -0.0506. The molecule has 2 N–H and O–H groups in total. The molecule has 32 heavy (non-hydrogen) atoms. The van der Waals surface area contributed by atoms with Crippen molar-refractivity contribution in [1.82, 2.24) is 20.6 Å². The molecule has 0 spiro atoms. The third kappa shape index (κ3) is 5.04. The van der Waals surface area contributed by atoms with Gasteiger partial charge >= 0.3 is 0 Å². The van der Waals surface area contributed by atoms with Crippen molar-refractivity contribution in [3.8, 4) is 5.88 Å². The number of imide groups is 1. The normalized spacial score (nSPS) is 16.5. The highest BCUT2D eigenvalue weighted by molar-refractivity contribution is 6.31. The molecule has 2 aromatic rings. The van der Waals surface area contributed by atoms with Gasteiger partial charge in [-0.05, 0) is 44.9 Å². The first kappa shape index (κ1) is 23.6. The van der Waals surface area contributed by atoms with Crippen LogP contribution < -0.4 is 15.4 Å². The molecule has 2 heterocycles. The summed E-state index contributed by atoms with van der Waals surface area (Å²) in [5, 5.41) is 5.03. The van der Waals surface area contributed by atoms with Crippen molar-refractivity contribution in [2.24, 2.45) is 0 Å². The van der Waals surface area contributed by atoms with Crippen LogP contribution in [0, 0.1) is 5.82 Å². The molecule has 1 saturated heterocycles. The highest BCUT2D eigenvalue weighted by Gasteiger charge is 2.33. The Morgan fingerprint density at radius 3 is 2.66 bits per heavy atom. The third-order valence-electron chi connectivity index (χ3n) is 5.31. The lowest BCUT2D eigenvalue weighted by Gasteiger charge is -2.24. The highest BCUT2D eigenvalue weighted by atomic mass is 35.5. The van der Waals surface area contributed by atoms with E-state index in [1.807, 2.05) is 6.92 Å². The number of aromatic nitrogens is 2. The van der Waals surface area contributed by atoms with Crippen LogP contribution in [0.1, 0.15) is 56.4 Å². The predicted molar refractivity (Wildman–Crippen MR) is 115 cm³/mol. The van der Waals surface area contributed by atoms with Crippen LogP contribution in [0.25, 0.3) is 0 Å². The topological polar surface area (TPSA) is 110 Å². The van der Waals surface area contributed by atoms with E-state index in [0.717, 1.165) is 0 Å². The second-order valence-electron chi connectivity index (χ2n) is 7.96. The predicted octanol–water partition coefficient (Wildman–Crippen LogP) is 2.78. The van der Waals surface area contributed by atoms with Crippen molar-refractivity contribution < 1.29 is 23.5 Å². The van der Waals surface area contributed by atoms with E-state index in [9.17, 15) is 18.8 Å². The van der Waals surface area contributed by atoms with Gasteiger partial charge in [0.05, 0.1) is 36.0 Å². The average Bonchev–Trinajstić information content (AvgIpc) is 2.73. The number of benzene rings is 1. The van der Waals surface area contributed by atoms with E-state index in [1.165, 1.54) is 24.5 Å². The van der Waals surface area contributed by atoms with Gasteiger partial charge in [-0.2, -0.15) is 0 Å². The SMILES string of the molecule is CCOc1cnc(C(C)(C)C(=O)NCc2cc(F)c(C3CCC(=O)NC3=O)c(Cl)c2)cn1. The molecule has 8 nitrogen and oxygen atoms in total. The number of carbonyl (C=O) groups excluding carboxylic acids is 3. The zero-order valence-electron chi connectivity index (χ0n) is 18.0. The van der Waals surface area contributed by atoms with E-state index in [0.29, 0.717) is 23.7 Å². The minimum Gasteiger partial charge on any atom is -0.477 e. The Kier molecular flexibility index (Phi) is 7.08. The number of piperidine rings is 1. The molecule has 10 heteroatoms. The lowest BCUT2D eigenvalue weighted by molar-refractivity contribution is -0.134. The molecular weight excluding hydrogens is 439 g/mol. The standard InChI is InChI=1S/C22H24ClFN4O4/c1-4-32-18-11-25-16(10-26-18)22(2,3)21(31)27-9-12-7-14(23)19(15(24)8-12)13-5-6-17(29)28-20(13)30/h7-8,10-11,13H,4-6,9H2,1-3H3,(H,27,31)(H,28,29,30). The number of halogens is 2. The van der Waals surface area contributed by atoms with Crippen LogP contribution in [-0.4, -0.2) is 34.3 Å². The van der Waals surface area contributed by atoms with E-state index in [4.69, 9.17) is 16.3 Å². The lowest BCUT2D eigenvalue weighted by Crippen LogP contribution is -2.40. The first-order chi connectivity index (χ1) is 15.1. The monoisotopic (exact) mass is 462 g/mol. The summed E-state index contributed by atoms with van der Waals surface area (Å²) < 4.78 is 20.1. The Morgan fingerprint density at radius 1 is 1.31 bits per heavy atom. The summed E-state index contributed by atoms with van der Waals surface area (Å²) in [6.45, 7) is 5.72. The molecule has 1 unspecified atom stereocenters. The smallest absolute Gasteiger partial charge is 0.234 e. The number of carbonyl (C=O) groups is 3. The largest absolute Gasteiger partial charge is 0.477 e. The first-order valence-corrected chi connectivity index (χ1v) is 10.6. The van der Waals surface area contributed by atoms with Crippen molar-refractivity contribution in [2.75, 3.05) is 6.61 Å². The van der Waals surface area contributed by atoms with Crippen molar-refractivity contribution in [2.45, 2.75) is 51.5 Å². The number of nitrogens with one attached hydrogen (secondary N) is 2. The Balaban J connectivity index is 1.70. The maximum atomic E-state index is 14.8. The molecule has 3 rings (SSSR count). The van der Waals surface area contributed by atoms with Crippen molar-refractivity contribution in [3.63, 3.8) is 0 Å². The van der Waals surface area contributed by atoms with Crippen LogP contribution >= 0.6 is 11.6 Å². The Bertz CT molecular complexity index is 1020. The van der Waals surface area contributed by atoms with E-state index in [2.05, 4.69) is 20.6 Å². The van der Waals surface area contributed by atoms with Gasteiger partial charge in [0.1, 0.15) is 5.82 Å². The zero-order valence-corrected chi connectivity index (χ0v) is 18.8. The number of rotatable bonds is 7. The van der Waals surface area contributed by atoms with E-state index in [-0.39, 0.29) is 41.8 Å². The molecule has 1 aromatic carbocycles. The van der Waals surface area contributed by atoms with Crippen LogP contribution in [0.3, 0.4) is 0 Å². The van der Waals surface area contributed by atoms with Gasteiger partial charge in [-0.25, -0.2) is 9.37 Å². The number of hydrogen-bond donors (Lipinski definition) is 2. The Hall–Kier alpha value is -3.07. The van der Waals surface area contributed by atoms with Crippen molar-refractivity contribution in [3.05, 3.63) is 52.2 Å². The molecule has 1 fully saturated rings. The van der Waals surface area contributed by atoms with Gasteiger partial charge in [0.2, 0.25) is 23.6 Å². The van der Waals surface area contributed by atoms with Crippen LogP contribution in [0.4, 0.5) is 4.39 Å². The number of ether oxygens (including phenoxy) is 1. The average molecular weight is 463 g/mol. The molecule has 1 aliphatic heterocycles. The molecule has 0 saturated carbocycles. The van der Waals surface area contributed by atoms with Crippen LogP contribution in [0.5, 0.6) is 5.88 Å². The van der Waals surface area contributed by atoms with Gasteiger partial charge in [-0.15, -0.1) is 0 Å². The highest BCUT2D eigenvalue weighted by Crippen LogP contribution is 2.33. The van der Waals surface area contributed by atoms with E-state index >= 15 is 0 Å². The fourth-order valence-corrected chi connectivity index (χ4v) is 3.78. The minimum atomic E-state index is -0.993. The Morgan fingerprint density at radius 2 is 2.06 bits per heavy atom. The molecule has 0 radical (unpaired) electrons. The van der Waals surface area contributed by atoms with Gasteiger partial charge in [0, 0.05) is 23.6 Å². The summed E-state index contributed by atoms with van der Waals surface area (Å²) >= 11 is 6.26. The van der Waals surface area contributed by atoms with Crippen LogP contribution in [0.2, 0.25) is 5.02 Å². The number of hydrogen-bond acceptors (Lipinski definition) is 6. The molecule has 1 aliphatic rings. The summed E-state index contributed by atoms with van der Waals surface area (Å²) in [6, 6.07) is 2.74. The van der Waals surface area contributed by atoms with Crippen molar-refractivity contribution >= 4 is 29.3 Å². The summed E-state index contributed by atoms with van der Waals surface area (Å²) in [6.07, 6.45) is 3.24. The second kappa shape index (κ2) is 9.60. The zero-order chi connectivity index (χ0) is 23.5. The fraction of sp³-hybridized carbons (Fsp3) is 0.409. The number of nitrogens with zero attached hydrogens (tertiary/aromatic N) is 2. The molecule has 1 aromatic heterocycles. The first-order valence-electron chi connectivity index (χ1n) is 10.2. The third-order valence-corrected chi connectivity index (χ3v) is 5.62. The van der Waals surface area contributed by atoms with Crippen molar-refractivity contribution in [1.29, 1.82) is 0 Å². The van der Waals surface area contributed by atoms with Crippen LogP contribution in [-0.2, 0) is 26.3 Å². The van der Waals surface area contributed by atoms with Gasteiger partial charge in [0.25, 0.3) is 0 Å². The summed E-state index contributed by atoms with van der Waals surface area (Å²) in [5.74, 6) is -2.41. The number of amides is 3. The van der Waals surface area contributed by atoms with Gasteiger partial charge in [-0.1, -0.05) is 11.6 Å². The van der Waals surface area contributed by atoms with Gasteiger partial charge in [0.15, 0.2) is 0 Å². The van der Waals surface area contributed by atoms with Gasteiger partial charge in [-0.3, -0.25) is 24.7 Å². The minimum absolute atomic E-state index is 0.0268. The molecular formula is C22H24ClFN4O4. The molecule has 0 aliphatic carbocycles. The molecule has 3 amide bonds. The van der Waals surface area contributed by atoms with Gasteiger partial charge < -0.3 is 10.1 Å². The summed E-state index contributed by atoms with van der Waals surface area (Å²) in [4.78, 5) is 44.6. The Labute approximate surface area is 189 Å². The summed E-state index contributed by atoms with van der Waals surface area (Å²) in [7, 11) is 0. The quantitative estimate of drug-likeness (QED) is 0.612.